The lowest BCUT2D eigenvalue weighted by Crippen LogP contribution is -2.23. The van der Waals surface area contributed by atoms with Crippen LogP contribution in [0.3, 0.4) is 0 Å². The van der Waals surface area contributed by atoms with Gasteiger partial charge in [-0.3, -0.25) is 4.79 Å². The molecule has 5 nitrogen and oxygen atoms in total. The van der Waals surface area contributed by atoms with Gasteiger partial charge in [-0.2, -0.15) is 5.10 Å². The standard InChI is InChI=1S/C14H10BrFN4O/c15-11-12(19-20-7-1-6-17-13(11)20)14(21)18-8-9-2-4-10(16)5-3-9/h1-7H,8H2,(H,18,21). The third-order valence-electron chi connectivity index (χ3n) is 2.92. The van der Waals surface area contributed by atoms with Crippen LogP contribution in [0.1, 0.15) is 16.1 Å². The van der Waals surface area contributed by atoms with E-state index in [0.29, 0.717) is 16.7 Å². The maximum Gasteiger partial charge on any atom is 0.273 e. The maximum atomic E-state index is 12.8. The largest absolute Gasteiger partial charge is 0.347 e. The Morgan fingerprint density at radius 3 is 2.81 bits per heavy atom. The van der Waals surface area contributed by atoms with Gasteiger partial charge in [0.2, 0.25) is 0 Å². The van der Waals surface area contributed by atoms with Gasteiger partial charge >= 0.3 is 0 Å². The molecule has 0 atom stereocenters. The van der Waals surface area contributed by atoms with Gasteiger partial charge in [-0.05, 0) is 39.7 Å². The summed E-state index contributed by atoms with van der Waals surface area (Å²) in [5.41, 5.74) is 1.64. The summed E-state index contributed by atoms with van der Waals surface area (Å²) in [6.45, 7) is 0.298. The van der Waals surface area contributed by atoms with E-state index in [1.54, 1.807) is 30.6 Å². The molecular formula is C14H10BrFN4O. The first-order chi connectivity index (χ1) is 10.1. The Morgan fingerprint density at radius 2 is 2.10 bits per heavy atom. The van der Waals surface area contributed by atoms with E-state index in [0.717, 1.165) is 5.56 Å². The quantitative estimate of drug-likeness (QED) is 0.791. The number of aromatic nitrogens is 3. The summed E-state index contributed by atoms with van der Waals surface area (Å²) < 4.78 is 14.9. The van der Waals surface area contributed by atoms with E-state index in [1.165, 1.54) is 16.6 Å². The molecule has 1 N–H and O–H groups in total. The van der Waals surface area contributed by atoms with E-state index in [1.807, 2.05) is 0 Å². The Kier molecular flexibility index (Phi) is 3.66. The molecule has 0 aliphatic carbocycles. The van der Waals surface area contributed by atoms with Crippen LogP contribution in [0, 0.1) is 5.82 Å². The fourth-order valence-electron chi connectivity index (χ4n) is 1.87. The van der Waals surface area contributed by atoms with Gasteiger partial charge in [0.15, 0.2) is 11.3 Å². The topological polar surface area (TPSA) is 59.3 Å². The predicted octanol–water partition coefficient (Wildman–Crippen LogP) is 2.56. The molecule has 0 fully saturated rings. The second kappa shape index (κ2) is 5.61. The zero-order valence-electron chi connectivity index (χ0n) is 10.8. The van der Waals surface area contributed by atoms with Crippen LogP contribution in [0.4, 0.5) is 4.39 Å². The van der Waals surface area contributed by atoms with Crippen LogP contribution in [0.15, 0.2) is 47.2 Å². The lowest BCUT2D eigenvalue weighted by atomic mass is 10.2. The number of carbonyl (C=O) groups is 1. The fourth-order valence-corrected chi connectivity index (χ4v) is 2.42. The van der Waals surface area contributed by atoms with Crippen LogP contribution in [0.2, 0.25) is 0 Å². The number of hydrogen-bond donors (Lipinski definition) is 1. The maximum absolute atomic E-state index is 12.8. The van der Waals surface area contributed by atoms with Gasteiger partial charge in [-0.25, -0.2) is 13.9 Å². The number of nitrogens with one attached hydrogen (secondary N) is 1. The zero-order chi connectivity index (χ0) is 14.8. The Bertz CT molecular complexity index is 800. The van der Waals surface area contributed by atoms with Crippen molar-refractivity contribution in [3.63, 3.8) is 0 Å². The molecule has 2 aromatic heterocycles. The molecule has 106 valence electrons. The van der Waals surface area contributed by atoms with Crippen molar-refractivity contribution in [2.45, 2.75) is 6.54 Å². The summed E-state index contributed by atoms with van der Waals surface area (Å²) >= 11 is 3.33. The molecule has 0 bridgehead atoms. The van der Waals surface area contributed by atoms with Gasteiger partial charge in [0.25, 0.3) is 5.91 Å². The lowest BCUT2D eigenvalue weighted by Gasteiger charge is -2.03. The summed E-state index contributed by atoms with van der Waals surface area (Å²) in [5, 5.41) is 6.92. The van der Waals surface area contributed by atoms with E-state index < -0.39 is 0 Å². The first-order valence-corrected chi connectivity index (χ1v) is 6.96. The molecule has 0 radical (unpaired) electrons. The molecule has 3 aromatic rings. The highest BCUT2D eigenvalue weighted by Gasteiger charge is 2.17. The highest BCUT2D eigenvalue weighted by molar-refractivity contribution is 9.10. The van der Waals surface area contributed by atoms with Crippen LogP contribution in [0.5, 0.6) is 0 Å². The van der Waals surface area contributed by atoms with Crippen molar-refractivity contribution in [3.8, 4) is 0 Å². The molecule has 0 spiro atoms. The number of hydrogen-bond acceptors (Lipinski definition) is 3. The number of amides is 1. The van der Waals surface area contributed by atoms with Crippen LogP contribution >= 0.6 is 15.9 Å². The number of carbonyl (C=O) groups excluding carboxylic acids is 1. The Hall–Kier alpha value is -2.28. The average molecular weight is 349 g/mol. The van der Waals surface area contributed by atoms with Gasteiger partial charge in [-0.15, -0.1) is 0 Å². The van der Waals surface area contributed by atoms with Crippen LogP contribution in [0.25, 0.3) is 5.65 Å². The lowest BCUT2D eigenvalue weighted by molar-refractivity contribution is 0.0945. The Balaban J connectivity index is 1.78. The summed E-state index contributed by atoms with van der Waals surface area (Å²) in [6, 6.07) is 7.68. The normalized spacial score (nSPS) is 10.8. The van der Waals surface area contributed by atoms with E-state index >= 15 is 0 Å². The van der Waals surface area contributed by atoms with Crippen molar-refractivity contribution < 1.29 is 9.18 Å². The number of benzene rings is 1. The third-order valence-corrected chi connectivity index (χ3v) is 3.65. The van der Waals surface area contributed by atoms with Crippen molar-refractivity contribution in [1.82, 2.24) is 19.9 Å². The Labute approximate surface area is 127 Å². The van der Waals surface area contributed by atoms with Gasteiger partial charge in [0, 0.05) is 18.9 Å². The minimum atomic E-state index is -0.322. The highest BCUT2D eigenvalue weighted by Crippen LogP contribution is 2.20. The second-order valence-electron chi connectivity index (χ2n) is 4.36. The molecule has 3 rings (SSSR count). The van der Waals surface area contributed by atoms with Crippen molar-refractivity contribution in [2.75, 3.05) is 0 Å². The average Bonchev–Trinajstić information content (AvgIpc) is 2.84. The molecule has 0 aliphatic heterocycles. The monoisotopic (exact) mass is 348 g/mol. The molecule has 0 saturated heterocycles. The molecule has 0 saturated carbocycles. The molecule has 21 heavy (non-hydrogen) atoms. The van der Waals surface area contributed by atoms with E-state index in [4.69, 9.17) is 0 Å². The van der Waals surface area contributed by atoms with Crippen molar-refractivity contribution in [3.05, 3.63) is 64.3 Å². The number of nitrogens with zero attached hydrogens (tertiary/aromatic N) is 3. The molecule has 1 amide bonds. The highest BCUT2D eigenvalue weighted by atomic mass is 79.9. The predicted molar refractivity (Wildman–Crippen MR) is 78.3 cm³/mol. The minimum absolute atomic E-state index is 0.260. The van der Waals surface area contributed by atoms with Gasteiger partial charge < -0.3 is 5.32 Å². The van der Waals surface area contributed by atoms with Gasteiger partial charge in [0.05, 0.1) is 4.47 Å². The summed E-state index contributed by atoms with van der Waals surface area (Å²) in [5.74, 6) is -0.629. The number of rotatable bonds is 3. The van der Waals surface area contributed by atoms with E-state index in [9.17, 15) is 9.18 Å². The summed E-state index contributed by atoms with van der Waals surface area (Å²) in [6.07, 6.45) is 3.34. The summed E-state index contributed by atoms with van der Waals surface area (Å²) in [7, 11) is 0. The summed E-state index contributed by atoms with van der Waals surface area (Å²) in [4.78, 5) is 16.3. The minimum Gasteiger partial charge on any atom is -0.347 e. The molecule has 7 heteroatoms. The second-order valence-corrected chi connectivity index (χ2v) is 5.15. The van der Waals surface area contributed by atoms with Crippen LogP contribution < -0.4 is 5.32 Å². The van der Waals surface area contributed by atoms with Crippen molar-refractivity contribution >= 4 is 27.5 Å². The molecule has 1 aromatic carbocycles. The van der Waals surface area contributed by atoms with Crippen LogP contribution in [-0.2, 0) is 6.54 Å². The molecule has 0 aliphatic rings. The van der Waals surface area contributed by atoms with Gasteiger partial charge in [0.1, 0.15) is 5.82 Å². The van der Waals surface area contributed by atoms with E-state index in [2.05, 4.69) is 31.3 Å². The number of halogens is 2. The zero-order valence-corrected chi connectivity index (χ0v) is 12.3. The molecule has 0 unspecified atom stereocenters. The third kappa shape index (κ3) is 2.78. The SMILES string of the molecule is O=C(NCc1ccc(F)cc1)c1nn2cccnc2c1Br. The smallest absolute Gasteiger partial charge is 0.273 e. The first-order valence-electron chi connectivity index (χ1n) is 6.16. The fraction of sp³-hybridized carbons (Fsp3) is 0.0714. The number of fused-ring (bicyclic) bond motifs is 1. The van der Waals surface area contributed by atoms with Crippen LogP contribution in [-0.4, -0.2) is 20.5 Å². The van der Waals surface area contributed by atoms with Crippen molar-refractivity contribution in [2.24, 2.45) is 0 Å². The van der Waals surface area contributed by atoms with Gasteiger partial charge in [-0.1, -0.05) is 12.1 Å². The first kappa shape index (κ1) is 13.7. The Morgan fingerprint density at radius 1 is 1.33 bits per heavy atom. The molecule has 2 heterocycles. The van der Waals surface area contributed by atoms with E-state index in [-0.39, 0.29) is 17.4 Å². The molecular weight excluding hydrogens is 339 g/mol. The van der Waals surface area contributed by atoms with Crippen molar-refractivity contribution in [1.29, 1.82) is 0 Å².